The predicted molar refractivity (Wildman–Crippen MR) is 131 cm³/mol. The Balaban J connectivity index is 1.63. The number of nitrogens with one attached hydrogen (secondary N) is 2. The van der Waals surface area contributed by atoms with Crippen LogP contribution in [-0.4, -0.2) is 45.2 Å². The van der Waals surface area contributed by atoms with E-state index in [0.717, 1.165) is 30.3 Å². The Labute approximate surface area is 234 Å². The molecular formula is C27H24F8N2O4S. The van der Waals surface area contributed by atoms with Gasteiger partial charge in [-0.2, -0.15) is 26.3 Å². The number of aryl methyl sites for hydroxylation is 1. The Kier molecular flexibility index (Phi) is 7.14. The summed E-state index contributed by atoms with van der Waals surface area (Å²) < 4.78 is 136. The summed E-state index contributed by atoms with van der Waals surface area (Å²) in [5, 5.41) is 5.32. The van der Waals surface area contributed by atoms with Gasteiger partial charge in [-0.1, -0.05) is 18.2 Å². The molecule has 5 rings (SSSR count). The standard InChI is InChI=1S/C27H24F8N2O4S/c28-17-3-5-18(6-4-17)42(40,41)24-10-9-21(37-23(39)15-12-22(38)36-13-15)20(24)7-1-14-11-16(2-8-19(14)24)25(29,26(30,31)32)27(33,34)35/h2-6,8,11,15,20-21H,1,7,9-10,12-13H2,(H,36,38)(H,37,39)/t15-,20-,21+,24?/m0/s1. The molecule has 1 saturated carbocycles. The number of carbonyl (C=O) groups excluding carboxylic acids is 2. The lowest BCUT2D eigenvalue weighted by Crippen LogP contribution is -2.51. The van der Waals surface area contributed by atoms with E-state index in [2.05, 4.69) is 10.6 Å². The molecule has 2 N–H and O–H groups in total. The van der Waals surface area contributed by atoms with Crippen molar-refractivity contribution in [3.63, 3.8) is 0 Å². The summed E-state index contributed by atoms with van der Waals surface area (Å²) in [4.78, 5) is 24.2. The molecule has 228 valence electrons. The molecule has 4 atom stereocenters. The highest BCUT2D eigenvalue weighted by Crippen LogP contribution is 2.59. The Hall–Kier alpha value is -3.23. The number of benzene rings is 2. The maximum absolute atomic E-state index is 14.9. The van der Waals surface area contributed by atoms with Gasteiger partial charge in [-0.3, -0.25) is 9.59 Å². The number of rotatable bonds is 5. The predicted octanol–water partition coefficient (Wildman–Crippen LogP) is 4.76. The van der Waals surface area contributed by atoms with Crippen LogP contribution in [0.15, 0.2) is 47.4 Å². The zero-order valence-electron chi connectivity index (χ0n) is 21.6. The van der Waals surface area contributed by atoms with Crippen molar-refractivity contribution in [2.24, 2.45) is 11.8 Å². The molecular weight excluding hydrogens is 600 g/mol. The van der Waals surface area contributed by atoms with Crippen LogP contribution in [0.3, 0.4) is 0 Å². The number of amides is 2. The summed E-state index contributed by atoms with van der Waals surface area (Å²) in [6.45, 7) is 0.0794. The van der Waals surface area contributed by atoms with E-state index in [4.69, 9.17) is 0 Å². The Morgan fingerprint density at radius 1 is 0.952 bits per heavy atom. The van der Waals surface area contributed by atoms with Crippen molar-refractivity contribution in [2.45, 2.75) is 65.8 Å². The molecule has 2 fully saturated rings. The molecule has 0 spiro atoms. The first-order valence-corrected chi connectivity index (χ1v) is 14.5. The van der Waals surface area contributed by atoms with Crippen LogP contribution in [0.4, 0.5) is 35.1 Å². The van der Waals surface area contributed by atoms with Crippen LogP contribution in [-0.2, 0) is 36.3 Å². The van der Waals surface area contributed by atoms with Gasteiger partial charge in [-0.05, 0) is 61.1 Å². The van der Waals surface area contributed by atoms with Gasteiger partial charge in [0.05, 0.1) is 10.8 Å². The molecule has 0 bridgehead atoms. The molecule has 2 amide bonds. The van der Waals surface area contributed by atoms with Crippen LogP contribution in [0.25, 0.3) is 0 Å². The molecule has 1 aliphatic heterocycles. The van der Waals surface area contributed by atoms with Gasteiger partial charge in [0.1, 0.15) is 10.6 Å². The summed E-state index contributed by atoms with van der Waals surface area (Å²) in [6, 6.07) is 4.51. The van der Waals surface area contributed by atoms with E-state index < -0.39 is 67.8 Å². The summed E-state index contributed by atoms with van der Waals surface area (Å²) in [5.41, 5.74) is -7.74. The van der Waals surface area contributed by atoms with Gasteiger partial charge in [0.25, 0.3) is 0 Å². The number of hydrogen-bond donors (Lipinski definition) is 2. The lowest BCUT2D eigenvalue weighted by molar-refractivity contribution is -0.348. The Morgan fingerprint density at radius 3 is 2.17 bits per heavy atom. The van der Waals surface area contributed by atoms with Crippen molar-refractivity contribution in [3.05, 3.63) is 65.0 Å². The van der Waals surface area contributed by atoms with Crippen LogP contribution < -0.4 is 10.6 Å². The van der Waals surface area contributed by atoms with Crippen LogP contribution in [0.5, 0.6) is 0 Å². The minimum atomic E-state index is -6.35. The molecule has 0 radical (unpaired) electrons. The Bertz CT molecular complexity index is 1510. The van der Waals surface area contributed by atoms with E-state index in [-0.39, 0.29) is 60.6 Å². The van der Waals surface area contributed by atoms with Gasteiger partial charge in [0.2, 0.25) is 11.8 Å². The van der Waals surface area contributed by atoms with Gasteiger partial charge in [-0.15, -0.1) is 0 Å². The lowest BCUT2D eigenvalue weighted by Gasteiger charge is -2.43. The number of carbonyl (C=O) groups is 2. The molecule has 2 aromatic rings. The van der Waals surface area contributed by atoms with Crippen LogP contribution in [0, 0.1) is 17.7 Å². The van der Waals surface area contributed by atoms with E-state index in [0.29, 0.717) is 12.1 Å². The molecule has 0 aromatic heterocycles. The molecule has 1 saturated heterocycles. The number of hydrogen-bond acceptors (Lipinski definition) is 4. The van der Waals surface area contributed by atoms with Gasteiger partial charge in [0.15, 0.2) is 9.84 Å². The molecule has 3 aliphatic rings. The third kappa shape index (κ3) is 4.45. The summed E-state index contributed by atoms with van der Waals surface area (Å²) >= 11 is 0. The van der Waals surface area contributed by atoms with Gasteiger partial charge >= 0.3 is 18.0 Å². The maximum atomic E-state index is 14.9. The monoisotopic (exact) mass is 624 g/mol. The third-order valence-corrected chi connectivity index (χ3v) is 11.2. The highest BCUT2D eigenvalue weighted by molar-refractivity contribution is 7.92. The molecule has 2 aromatic carbocycles. The molecule has 2 aliphatic carbocycles. The smallest absolute Gasteiger partial charge is 0.355 e. The van der Waals surface area contributed by atoms with Gasteiger partial charge in [-0.25, -0.2) is 17.2 Å². The SMILES string of the molecule is O=C1C[C@H](C(=O)N[C@@H]2CCC3(S(=O)(=O)c4ccc(F)cc4)c4ccc(C(F)(C(F)(F)F)C(F)(F)F)cc4CC[C@@H]23)CN1. The fourth-order valence-electron chi connectivity index (χ4n) is 6.64. The number of alkyl halides is 7. The first-order chi connectivity index (χ1) is 19.4. The van der Waals surface area contributed by atoms with Gasteiger partial charge in [0, 0.05) is 30.5 Å². The number of halogens is 8. The van der Waals surface area contributed by atoms with Crippen molar-refractivity contribution in [1.82, 2.24) is 10.6 Å². The van der Waals surface area contributed by atoms with E-state index in [1.54, 1.807) is 0 Å². The third-order valence-electron chi connectivity index (χ3n) is 8.66. The quantitative estimate of drug-likeness (QED) is 0.371. The number of fused-ring (bicyclic) bond motifs is 3. The number of sulfone groups is 1. The Morgan fingerprint density at radius 2 is 1.60 bits per heavy atom. The average Bonchev–Trinajstić information content (AvgIpc) is 3.51. The lowest BCUT2D eigenvalue weighted by atomic mass is 9.74. The second kappa shape index (κ2) is 9.91. The summed E-state index contributed by atoms with van der Waals surface area (Å²) in [6.07, 6.45) is -13.2. The second-order valence-electron chi connectivity index (χ2n) is 10.9. The average molecular weight is 625 g/mol. The van der Waals surface area contributed by atoms with Crippen molar-refractivity contribution in [3.8, 4) is 0 Å². The van der Waals surface area contributed by atoms with E-state index in [9.17, 15) is 53.1 Å². The van der Waals surface area contributed by atoms with Crippen LogP contribution in [0.2, 0.25) is 0 Å². The normalized spacial score (nSPS) is 26.4. The van der Waals surface area contributed by atoms with Crippen molar-refractivity contribution in [1.29, 1.82) is 0 Å². The maximum Gasteiger partial charge on any atom is 0.435 e. The molecule has 15 heteroatoms. The minimum absolute atomic E-state index is 0.0722. The zero-order valence-corrected chi connectivity index (χ0v) is 22.4. The molecule has 6 nitrogen and oxygen atoms in total. The molecule has 42 heavy (non-hydrogen) atoms. The fraction of sp³-hybridized carbons (Fsp3) is 0.481. The highest BCUT2D eigenvalue weighted by atomic mass is 32.2. The zero-order chi connectivity index (χ0) is 30.9. The minimum Gasteiger partial charge on any atom is -0.355 e. The summed E-state index contributed by atoms with van der Waals surface area (Å²) in [7, 11) is -4.51. The largest absolute Gasteiger partial charge is 0.435 e. The van der Waals surface area contributed by atoms with Crippen LogP contribution in [0.1, 0.15) is 42.4 Å². The molecule has 1 heterocycles. The first-order valence-electron chi connectivity index (χ1n) is 13.0. The topological polar surface area (TPSA) is 92.3 Å². The summed E-state index contributed by atoms with van der Waals surface area (Å²) in [5.74, 6) is -3.18. The molecule has 1 unspecified atom stereocenters. The van der Waals surface area contributed by atoms with Crippen molar-refractivity contribution in [2.75, 3.05) is 6.54 Å². The van der Waals surface area contributed by atoms with Crippen molar-refractivity contribution >= 4 is 21.7 Å². The van der Waals surface area contributed by atoms with Gasteiger partial charge < -0.3 is 10.6 Å². The van der Waals surface area contributed by atoms with E-state index >= 15 is 0 Å². The van der Waals surface area contributed by atoms with E-state index in [1.807, 2.05) is 0 Å². The second-order valence-corrected chi connectivity index (χ2v) is 13.1. The van der Waals surface area contributed by atoms with Crippen LogP contribution >= 0.6 is 0 Å². The van der Waals surface area contributed by atoms with Crippen molar-refractivity contribution < 1.29 is 53.1 Å². The van der Waals surface area contributed by atoms with E-state index in [1.165, 1.54) is 0 Å². The highest BCUT2D eigenvalue weighted by Gasteiger charge is 2.73. The first kappa shape index (κ1) is 30.2. The fourth-order valence-corrected chi connectivity index (χ4v) is 9.11.